The van der Waals surface area contributed by atoms with Crippen LogP contribution in [0.15, 0.2) is 83.8 Å². The number of amides is 2. The van der Waals surface area contributed by atoms with E-state index in [1.54, 1.807) is 43.3 Å². The zero-order chi connectivity index (χ0) is 27.9. The summed E-state index contributed by atoms with van der Waals surface area (Å²) in [5, 5.41) is 2.84. The van der Waals surface area contributed by atoms with Crippen LogP contribution in [0.2, 0.25) is 0 Å². The van der Waals surface area contributed by atoms with E-state index in [9.17, 15) is 18.0 Å². The van der Waals surface area contributed by atoms with Gasteiger partial charge in [0.15, 0.2) is 0 Å². The molecule has 3 rings (SSSR count). The maximum absolute atomic E-state index is 13.8. The van der Waals surface area contributed by atoms with Crippen LogP contribution in [0.1, 0.15) is 31.9 Å². The van der Waals surface area contributed by atoms with Crippen molar-refractivity contribution in [3.63, 3.8) is 0 Å². The molecule has 1 N–H and O–H groups in total. The number of carbonyl (C=O) groups is 2. The van der Waals surface area contributed by atoms with E-state index in [1.807, 2.05) is 51.1 Å². The van der Waals surface area contributed by atoms with E-state index in [0.717, 1.165) is 15.4 Å². The van der Waals surface area contributed by atoms with Crippen LogP contribution in [0.5, 0.6) is 5.75 Å². The maximum atomic E-state index is 13.8. The monoisotopic (exact) mass is 537 g/mol. The third-order valence-electron chi connectivity index (χ3n) is 6.04. The minimum atomic E-state index is -4.11. The number of benzene rings is 3. The highest BCUT2D eigenvalue weighted by Gasteiger charge is 2.32. The molecule has 0 heterocycles. The van der Waals surface area contributed by atoms with Crippen molar-refractivity contribution >= 4 is 27.5 Å². The maximum Gasteiger partial charge on any atom is 0.264 e. The Balaban J connectivity index is 2.02. The summed E-state index contributed by atoms with van der Waals surface area (Å²) >= 11 is 0. The summed E-state index contributed by atoms with van der Waals surface area (Å²) in [6.45, 7) is 6.85. The molecule has 3 aromatic rings. The largest absolute Gasteiger partial charge is 0.497 e. The van der Waals surface area contributed by atoms with Crippen molar-refractivity contribution in [1.82, 2.24) is 10.2 Å². The molecule has 0 aromatic heterocycles. The number of hydrogen-bond donors (Lipinski definition) is 1. The first kappa shape index (κ1) is 28.7. The van der Waals surface area contributed by atoms with Gasteiger partial charge in [0.2, 0.25) is 11.8 Å². The summed E-state index contributed by atoms with van der Waals surface area (Å²) in [6.07, 6.45) is 0. The summed E-state index contributed by atoms with van der Waals surface area (Å²) in [5.74, 6) is -0.272. The van der Waals surface area contributed by atoms with Crippen molar-refractivity contribution in [2.24, 2.45) is 0 Å². The SMILES string of the molecule is COc1ccc(N(CC(=O)N(Cc2ccccc2)[C@H](C)C(=O)NC(C)C)S(=O)(=O)c2ccc(C)cc2)cc1. The molecule has 0 radical (unpaired) electrons. The van der Waals surface area contributed by atoms with Crippen molar-refractivity contribution < 1.29 is 22.7 Å². The number of ether oxygens (including phenoxy) is 1. The van der Waals surface area contributed by atoms with Crippen molar-refractivity contribution in [1.29, 1.82) is 0 Å². The Kier molecular flexibility index (Phi) is 9.52. The van der Waals surface area contributed by atoms with Gasteiger partial charge in [-0.25, -0.2) is 8.42 Å². The van der Waals surface area contributed by atoms with Crippen LogP contribution in [-0.2, 0) is 26.2 Å². The van der Waals surface area contributed by atoms with Gasteiger partial charge in [-0.05, 0) is 69.7 Å². The lowest BCUT2D eigenvalue weighted by Crippen LogP contribution is -2.52. The fraction of sp³-hybridized carbons (Fsp3) is 0.310. The average molecular weight is 538 g/mol. The van der Waals surface area contributed by atoms with Crippen molar-refractivity contribution in [3.8, 4) is 5.75 Å². The number of hydrogen-bond acceptors (Lipinski definition) is 5. The highest BCUT2D eigenvalue weighted by Crippen LogP contribution is 2.26. The van der Waals surface area contributed by atoms with Crippen LogP contribution >= 0.6 is 0 Å². The minimum absolute atomic E-state index is 0.0620. The molecular formula is C29H35N3O5S. The van der Waals surface area contributed by atoms with E-state index in [4.69, 9.17) is 4.74 Å². The van der Waals surface area contributed by atoms with Crippen LogP contribution in [0.4, 0.5) is 5.69 Å². The number of anilines is 1. The van der Waals surface area contributed by atoms with E-state index in [2.05, 4.69) is 5.32 Å². The van der Waals surface area contributed by atoms with Crippen LogP contribution < -0.4 is 14.4 Å². The van der Waals surface area contributed by atoms with E-state index < -0.39 is 28.5 Å². The second kappa shape index (κ2) is 12.6. The van der Waals surface area contributed by atoms with Crippen LogP contribution in [-0.4, -0.2) is 50.9 Å². The number of sulfonamides is 1. The van der Waals surface area contributed by atoms with E-state index in [0.29, 0.717) is 11.4 Å². The smallest absolute Gasteiger partial charge is 0.264 e. The van der Waals surface area contributed by atoms with Crippen molar-refractivity contribution in [2.75, 3.05) is 18.0 Å². The first-order chi connectivity index (χ1) is 18.0. The molecule has 0 aliphatic rings. The molecular weight excluding hydrogens is 502 g/mol. The lowest BCUT2D eigenvalue weighted by molar-refractivity contribution is -0.139. The first-order valence-electron chi connectivity index (χ1n) is 12.4. The second-order valence-electron chi connectivity index (χ2n) is 9.37. The van der Waals surface area contributed by atoms with Gasteiger partial charge in [-0.1, -0.05) is 48.0 Å². The Morgan fingerprint density at radius 3 is 2.05 bits per heavy atom. The number of nitrogens with zero attached hydrogens (tertiary/aromatic N) is 2. The molecule has 0 aliphatic heterocycles. The Morgan fingerprint density at radius 2 is 1.50 bits per heavy atom. The number of nitrogens with one attached hydrogen (secondary N) is 1. The van der Waals surface area contributed by atoms with Gasteiger partial charge in [0, 0.05) is 12.6 Å². The van der Waals surface area contributed by atoms with E-state index >= 15 is 0 Å². The normalized spacial score (nSPS) is 12.1. The van der Waals surface area contributed by atoms with Gasteiger partial charge in [-0.3, -0.25) is 13.9 Å². The van der Waals surface area contributed by atoms with Gasteiger partial charge in [0.1, 0.15) is 18.3 Å². The molecule has 3 aromatic carbocycles. The predicted octanol–water partition coefficient (Wildman–Crippen LogP) is 4.14. The Hall–Kier alpha value is -3.85. The first-order valence-corrected chi connectivity index (χ1v) is 13.8. The van der Waals surface area contributed by atoms with Crippen LogP contribution in [0.3, 0.4) is 0 Å². The zero-order valence-electron chi connectivity index (χ0n) is 22.4. The summed E-state index contributed by atoms with van der Waals surface area (Å²) in [4.78, 5) is 28.2. The third-order valence-corrected chi connectivity index (χ3v) is 7.83. The molecule has 2 amide bonds. The topological polar surface area (TPSA) is 96.0 Å². The lowest BCUT2D eigenvalue weighted by atomic mass is 10.1. The van der Waals surface area contributed by atoms with Gasteiger partial charge >= 0.3 is 0 Å². The Morgan fingerprint density at radius 1 is 0.895 bits per heavy atom. The number of methoxy groups -OCH3 is 1. The number of rotatable bonds is 11. The summed E-state index contributed by atoms with van der Waals surface area (Å²) in [6, 6.07) is 21.3. The Labute approximate surface area is 225 Å². The molecule has 202 valence electrons. The summed E-state index contributed by atoms with van der Waals surface area (Å²) in [7, 11) is -2.59. The summed E-state index contributed by atoms with van der Waals surface area (Å²) < 4.78 is 33.9. The lowest BCUT2D eigenvalue weighted by Gasteiger charge is -2.32. The fourth-order valence-corrected chi connectivity index (χ4v) is 5.30. The second-order valence-corrected chi connectivity index (χ2v) is 11.2. The molecule has 38 heavy (non-hydrogen) atoms. The quantitative estimate of drug-likeness (QED) is 0.397. The van der Waals surface area contributed by atoms with Crippen molar-refractivity contribution in [3.05, 3.63) is 90.0 Å². The zero-order valence-corrected chi connectivity index (χ0v) is 23.2. The molecule has 0 bridgehead atoms. The van der Waals surface area contributed by atoms with Gasteiger partial charge in [0.05, 0.1) is 17.7 Å². The standard InChI is InChI=1S/C29H35N3O5S/c1-21(2)30-29(34)23(4)31(19-24-9-7-6-8-10-24)28(33)20-32(25-13-15-26(37-5)16-14-25)38(35,36)27-17-11-22(3)12-18-27/h6-18,21,23H,19-20H2,1-5H3,(H,30,34)/t23-/m1/s1. The van der Waals surface area contributed by atoms with Gasteiger partial charge < -0.3 is 15.0 Å². The molecule has 0 fully saturated rings. The molecule has 1 atom stereocenters. The van der Waals surface area contributed by atoms with E-state index in [1.165, 1.54) is 24.1 Å². The Bertz CT molecular complexity index is 1320. The molecule has 9 heteroatoms. The molecule has 0 aliphatic carbocycles. The molecule has 8 nitrogen and oxygen atoms in total. The fourth-order valence-electron chi connectivity index (χ4n) is 3.88. The van der Waals surface area contributed by atoms with Crippen LogP contribution in [0, 0.1) is 6.92 Å². The minimum Gasteiger partial charge on any atom is -0.497 e. The highest BCUT2D eigenvalue weighted by atomic mass is 32.2. The van der Waals surface area contributed by atoms with Crippen molar-refractivity contribution in [2.45, 2.75) is 51.2 Å². The van der Waals surface area contributed by atoms with Crippen LogP contribution in [0.25, 0.3) is 0 Å². The van der Waals surface area contributed by atoms with Gasteiger partial charge in [-0.2, -0.15) is 0 Å². The average Bonchev–Trinajstić information content (AvgIpc) is 2.90. The molecule has 0 saturated heterocycles. The third kappa shape index (κ3) is 7.13. The predicted molar refractivity (Wildman–Crippen MR) is 148 cm³/mol. The number of aryl methyl sites for hydroxylation is 1. The molecule has 0 spiro atoms. The highest BCUT2D eigenvalue weighted by molar-refractivity contribution is 7.92. The van der Waals surface area contributed by atoms with E-state index in [-0.39, 0.29) is 23.4 Å². The summed E-state index contributed by atoms with van der Waals surface area (Å²) in [5.41, 5.74) is 2.04. The van der Waals surface area contributed by atoms with Gasteiger partial charge in [-0.15, -0.1) is 0 Å². The number of carbonyl (C=O) groups excluding carboxylic acids is 2. The molecule has 0 saturated carbocycles. The molecule has 0 unspecified atom stereocenters. The van der Waals surface area contributed by atoms with Gasteiger partial charge in [0.25, 0.3) is 10.0 Å².